The molecule has 0 aliphatic heterocycles. The molecule has 18 heavy (non-hydrogen) atoms. The molecule has 0 saturated carbocycles. The van der Waals surface area contributed by atoms with Crippen LogP contribution in [0.15, 0.2) is 18.2 Å². The maximum atomic E-state index is 11.9. The Labute approximate surface area is 109 Å². The average molecular weight is 244 g/mol. The molecule has 0 aliphatic rings. The van der Waals surface area contributed by atoms with Crippen molar-refractivity contribution in [1.82, 2.24) is 0 Å². The number of aryl methyl sites for hydroxylation is 1. The Morgan fingerprint density at radius 1 is 1.44 bits per heavy atom. The largest absolute Gasteiger partial charge is 0.315 e. The van der Waals surface area contributed by atoms with Crippen LogP contribution in [0.4, 0.5) is 5.69 Å². The monoisotopic (exact) mass is 244 g/mol. The van der Waals surface area contributed by atoms with Crippen molar-refractivity contribution in [3.8, 4) is 6.07 Å². The molecule has 0 aliphatic carbocycles. The molecule has 3 nitrogen and oxygen atoms in total. The van der Waals surface area contributed by atoms with Crippen LogP contribution in [-0.4, -0.2) is 13.0 Å². The van der Waals surface area contributed by atoms with Gasteiger partial charge >= 0.3 is 0 Å². The summed E-state index contributed by atoms with van der Waals surface area (Å²) in [7, 11) is 1.77. The van der Waals surface area contributed by atoms with Crippen LogP contribution >= 0.6 is 0 Å². The summed E-state index contributed by atoms with van der Waals surface area (Å²) in [5.74, 6) is 0.424. The Morgan fingerprint density at radius 2 is 2.11 bits per heavy atom. The van der Waals surface area contributed by atoms with Gasteiger partial charge in [0, 0.05) is 25.6 Å². The SMILES string of the molecule is Cc1ccc(C(C)C)cc1N(C)C(=O)CCC#N. The summed E-state index contributed by atoms with van der Waals surface area (Å²) in [6.07, 6.45) is 0.546. The first kappa shape index (κ1) is 14.2. The number of hydrogen-bond donors (Lipinski definition) is 0. The first-order valence-electron chi connectivity index (χ1n) is 6.21. The molecule has 0 spiro atoms. The smallest absolute Gasteiger partial charge is 0.227 e. The van der Waals surface area contributed by atoms with Crippen molar-refractivity contribution in [2.75, 3.05) is 11.9 Å². The van der Waals surface area contributed by atoms with Crippen molar-refractivity contribution in [2.24, 2.45) is 0 Å². The fraction of sp³-hybridized carbons (Fsp3) is 0.467. The summed E-state index contributed by atoms with van der Waals surface area (Å²) in [5.41, 5.74) is 3.23. The topological polar surface area (TPSA) is 44.1 Å². The first-order valence-corrected chi connectivity index (χ1v) is 6.21. The Balaban J connectivity index is 2.97. The van der Waals surface area contributed by atoms with Gasteiger partial charge < -0.3 is 4.90 Å². The molecule has 0 unspecified atom stereocenters. The van der Waals surface area contributed by atoms with Crippen LogP contribution in [-0.2, 0) is 4.79 Å². The second-order valence-electron chi connectivity index (χ2n) is 4.81. The molecule has 0 fully saturated rings. The van der Waals surface area contributed by atoms with E-state index in [0.29, 0.717) is 5.92 Å². The van der Waals surface area contributed by atoms with E-state index in [1.165, 1.54) is 5.56 Å². The van der Waals surface area contributed by atoms with Crippen molar-refractivity contribution >= 4 is 11.6 Å². The Morgan fingerprint density at radius 3 is 2.67 bits per heavy atom. The minimum absolute atomic E-state index is 0.0134. The lowest BCUT2D eigenvalue weighted by atomic mass is 10.00. The van der Waals surface area contributed by atoms with Gasteiger partial charge in [-0.2, -0.15) is 5.26 Å². The molecule has 0 N–H and O–H groups in total. The molecule has 1 rings (SSSR count). The van der Waals surface area contributed by atoms with Gasteiger partial charge in [-0.1, -0.05) is 26.0 Å². The molecule has 0 bridgehead atoms. The van der Waals surface area contributed by atoms with Gasteiger partial charge in [-0.05, 0) is 30.0 Å². The van der Waals surface area contributed by atoms with E-state index in [1.54, 1.807) is 11.9 Å². The van der Waals surface area contributed by atoms with E-state index in [0.717, 1.165) is 11.3 Å². The molecule has 1 aromatic rings. The number of nitrogens with zero attached hydrogens (tertiary/aromatic N) is 2. The van der Waals surface area contributed by atoms with Crippen LogP contribution in [0.3, 0.4) is 0 Å². The maximum absolute atomic E-state index is 11.9. The van der Waals surface area contributed by atoms with Gasteiger partial charge in [-0.15, -0.1) is 0 Å². The predicted molar refractivity (Wildman–Crippen MR) is 73.5 cm³/mol. The standard InChI is InChI=1S/C15H20N2O/c1-11(2)13-8-7-12(3)14(10-13)17(4)15(18)6-5-9-16/h7-8,10-11H,5-6H2,1-4H3. The molecular formula is C15H20N2O. The molecule has 96 valence electrons. The van der Waals surface area contributed by atoms with E-state index in [2.05, 4.69) is 26.0 Å². The minimum atomic E-state index is -0.0134. The molecular weight excluding hydrogens is 224 g/mol. The van der Waals surface area contributed by atoms with Crippen molar-refractivity contribution in [3.63, 3.8) is 0 Å². The van der Waals surface area contributed by atoms with Crippen molar-refractivity contribution in [2.45, 2.75) is 39.5 Å². The second kappa shape index (κ2) is 6.20. The van der Waals surface area contributed by atoms with Gasteiger partial charge in [0.15, 0.2) is 0 Å². The van der Waals surface area contributed by atoms with E-state index in [-0.39, 0.29) is 18.7 Å². The van der Waals surface area contributed by atoms with Crippen LogP contribution in [0.25, 0.3) is 0 Å². The van der Waals surface area contributed by atoms with Crippen molar-refractivity contribution in [3.05, 3.63) is 29.3 Å². The number of hydrogen-bond acceptors (Lipinski definition) is 2. The third-order valence-electron chi connectivity index (χ3n) is 3.09. The van der Waals surface area contributed by atoms with E-state index >= 15 is 0 Å². The summed E-state index contributed by atoms with van der Waals surface area (Å²) in [6.45, 7) is 6.26. The highest BCUT2D eigenvalue weighted by Crippen LogP contribution is 2.25. The number of carbonyl (C=O) groups excluding carboxylic acids is 1. The second-order valence-corrected chi connectivity index (χ2v) is 4.81. The summed E-state index contributed by atoms with van der Waals surface area (Å²) < 4.78 is 0. The van der Waals surface area contributed by atoms with Crippen LogP contribution in [0.2, 0.25) is 0 Å². The molecule has 0 radical (unpaired) electrons. The predicted octanol–water partition coefficient (Wildman–Crippen LogP) is 3.39. The third-order valence-corrected chi connectivity index (χ3v) is 3.09. The Bertz CT molecular complexity index is 472. The molecule has 3 heteroatoms. The molecule has 0 aromatic heterocycles. The van der Waals surface area contributed by atoms with Crippen LogP contribution in [0.1, 0.15) is 43.7 Å². The quantitative estimate of drug-likeness (QED) is 0.815. The summed E-state index contributed by atoms with van der Waals surface area (Å²) >= 11 is 0. The lowest BCUT2D eigenvalue weighted by molar-refractivity contribution is -0.118. The highest BCUT2D eigenvalue weighted by molar-refractivity contribution is 5.93. The maximum Gasteiger partial charge on any atom is 0.227 e. The highest BCUT2D eigenvalue weighted by atomic mass is 16.2. The number of rotatable bonds is 4. The van der Waals surface area contributed by atoms with Crippen LogP contribution in [0, 0.1) is 18.3 Å². The molecule has 1 aromatic carbocycles. The minimum Gasteiger partial charge on any atom is -0.315 e. The van der Waals surface area contributed by atoms with Gasteiger partial charge in [0.2, 0.25) is 5.91 Å². The zero-order valence-corrected chi connectivity index (χ0v) is 11.5. The average Bonchev–Trinajstić information content (AvgIpc) is 2.35. The zero-order chi connectivity index (χ0) is 13.7. The number of benzene rings is 1. The first-order chi connectivity index (χ1) is 8.47. The lowest BCUT2D eigenvalue weighted by Gasteiger charge is -2.21. The van der Waals surface area contributed by atoms with Gasteiger partial charge in [0.25, 0.3) is 0 Å². The molecule has 0 atom stereocenters. The van der Waals surface area contributed by atoms with E-state index < -0.39 is 0 Å². The fourth-order valence-electron chi connectivity index (χ4n) is 1.81. The Kier molecular flexibility index (Phi) is 4.91. The number of amides is 1. The summed E-state index contributed by atoms with van der Waals surface area (Å²) in [6, 6.07) is 8.20. The van der Waals surface area contributed by atoms with E-state index in [1.807, 2.05) is 19.1 Å². The molecule has 1 amide bonds. The van der Waals surface area contributed by atoms with Gasteiger partial charge in [0.05, 0.1) is 6.07 Å². The third kappa shape index (κ3) is 3.33. The van der Waals surface area contributed by atoms with Crippen LogP contribution < -0.4 is 4.90 Å². The number of anilines is 1. The fourth-order valence-corrected chi connectivity index (χ4v) is 1.81. The molecule has 0 saturated heterocycles. The van der Waals surface area contributed by atoms with Gasteiger partial charge in [-0.3, -0.25) is 4.79 Å². The normalized spacial score (nSPS) is 10.2. The van der Waals surface area contributed by atoms with Gasteiger partial charge in [-0.25, -0.2) is 0 Å². The number of carbonyl (C=O) groups is 1. The van der Waals surface area contributed by atoms with E-state index in [4.69, 9.17) is 5.26 Å². The summed E-state index contributed by atoms with van der Waals surface area (Å²) in [4.78, 5) is 13.6. The van der Waals surface area contributed by atoms with E-state index in [9.17, 15) is 4.79 Å². The summed E-state index contributed by atoms with van der Waals surface area (Å²) in [5, 5.41) is 8.52. The van der Waals surface area contributed by atoms with Crippen molar-refractivity contribution < 1.29 is 4.79 Å². The lowest BCUT2D eigenvalue weighted by Crippen LogP contribution is -2.26. The van der Waals surface area contributed by atoms with Crippen molar-refractivity contribution in [1.29, 1.82) is 5.26 Å². The number of nitriles is 1. The Hall–Kier alpha value is -1.82. The highest BCUT2D eigenvalue weighted by Gasteiger charge is 2.13. The molecule has 0 heterocycles. The zero-order valence-electron chi connectivity index (χ0n) is 11.5. The van der Waals surface area contributed by atoms with Gasteiger partial charge in [0.1, 0.15) is 0 Å². The van der Waals surface area contributed by atoms with Crippen LogP contribution in [0.5, 0.6) is 0 Å².